The Balaban J connectivity index is 0.00000982. The van der Waals surface area contributed by atoms with Crippen molar-refractivity contribution in [2.45, 2.75) is 85.0 Å². The molecule has 9 rings (SSSR count). The average molecular weight is 1070 g/mol. The van der Waals surface area contributed by atoms with Crippen LogP contribution in [0.25, 0.3) is 83.9 Å². The van der Waals surface area contributed by atoms with Gasteiger partial charge in [0.05, 0.1) is 22.3 Å². The fraction of sp³-hybridized carbons (Fsp3) is 0.213. The van der Waals surface area contributed by atoms with Crippen molar-refractivity contribution in [2.24, 2.45) is 0 Å². The first-order valence-electron chi connectivity index (χ1n) is 31.5. The van der Waals surface area contributed by atoms with Crippen LogP contribution in [0, 0.1) is 12.9 Å². The van der Waals surface area contributed by atoms with E-state index in [1.165, 1.54) is 22.8 Å². The molecule has 2 aromatic heterocycles. The number of nitrogens with zero attached hydrogens (tertiary/aromatic N) is 3. The monoisotopic (exact) mass is 1060 g/mol. The third-order valence-electron chi connectivity index (χ3n) is 11.6. The third-order valence-corrected chi connectivity index (χ3v) is 11.6. The van der Waals surface area contributed by atoms with Gasteiger partial charge in [-0.2, -0.15) is 0 Å². The first kappa shape index (κ1) is 26.7. The topological polar surface area (TPSA) is 50.9 Å². The molecule has 9 aromatic rings. The van der Waals surface area contributed by atoms with E-state index in [0.29, 0.717) is 34.0 Å². The van der Waals surface area contributed by atoms with Crippen molar-refractivity contribution in [2.75, 3.05) is 0 Å². The molecule has 2 heterocycles. The van der Waals surface area contributed by atoms with E-state index >= 15 is 0 Å². The minimum Gasteiger partial charge on any atom is -0.507 e. The number of imidazole rings is 1. The molecule has 0 bridgehead atoms. The quantitative estimate of drug-likeness (QED) is 0.162. The number of para-hydroxylation sites is 1. The first-order valence-corrected chi connectivity index (χ1v) is 21.0. The molecule has 0 aliphatic carbocycles. The van der Waals surface area contributed by atoms with Crippen LogP contribution in [0.4, 0.5) is 0 Å². The Hall–Kier alpha value is -6.35. The minimum atomic E-state index is -4.23. The standard InChI is InChI=1S/C61H58N3O.Pt/c1-39-32-44(41-20-15-12-16-21-41)28-29-54(39)64-55-23-17-22-50(56(55)63-58(64)51-37-49(60(5,6)7)38-52(57(51)65)61(8,9)10)46-33-47(35-48(34-46)59(2,3)4)53-36-45(30-31-62-53)43-26-24-42(25-27-43)40-18-13-11-14-19-40;/h11-32,34-38,65H,1-10H3;/q-1;/i1D3,5D3,6D3,7D3,8D3,9D3,10D3;. The molecule has 0 aliphatic rings. The Bertz CT molecular complexity index is 3930. The Morgan fingerprint density at radius 3 is 1.79 bits per heavy atom. The number of aryl methyl sites for hydroxylation is 1. The normalized spacial score (nSPS) is 18.1. The SMILES string of the molecule is [2H]C([2H])([2H])c1cc(-c2ccccc2)ccc1-n1c(-c2cc(C(C([2H])([2H])[2H])(C([2H])([2H])[2H])C([2H])([2H])[2H])cc(C(C([2H])([2H])[2H])(C([2H])([2H])[2H])C([2H])([2H])[2H])c2O)nc2c(-c3[c-]c(-c4cc(-c5ccc(-c6ccccc6)cc5)ccn4)cc(C(C)(C)C)c3)cccc21.[Pt]. The summed E-state index contributed by atoms with van der Waals surface area (Å²) in [6.45, 7) is -22.0. The van der Waals surface area contributed by atoms with Gasteiger partial charge in [0, 0.05) is 67.3 Å². The molecule has 0 aliphatic heterocycles. The summed E-state index contributed by atoms with van der Waals surface area (Å²) in [5.74, 6) is -2.15. The molecule has 0 amide bonds. The van der Waals surface area contributed by atoms with Gasteiger partial charge in [0.2, 0.25) is 0 Å². The van der Waals surface area contributed by atoms with Gasteiger partial charge in [-0.25, -0.2) is 4.98 Å². The van der Waals surface area contributed by atoms with Crippen molar-refractivity contribution in [3.63, 3.8) is 0 Å². The smallest absolute Gasteiger partial charge is 0.148 e. The van der Waals surface area contributed by atoms with E-state index in [9.17, 15) is 5.11 Å². The van der Waals surface area contributed by atoms with Gasteiger partial charge in [-0.15, -0.1) is 29.3 Å². The molecule has 0 fully saturated rings. The van der Waals surface area contributed by atoms with Gasteiger partial charge in [0.25, 0.3) is 0 Å². The number of phenolic OH excluding ortho intramolecular Hbond substituents is 1. The molecule has 0 atom stereocenters. The fourth-order valence-corrected chi connectivity index (χ4v) is 8.12. The van der Waals surface area contributed by atoms with E-state index in [1.54, 1.807) is 54.7 Å². The van der Waals surface area contributed by atoms with Gasteiger partial charge in [0.15, 0.2) is 0 Å². The number of hydrogen-bond donors (Lipinski definition) is 1. The number of hydrogen-bond acceptors (Lipinski definition) is 3. The zero-order valence-electron chi connectivity index (χ0n) is 57.2. The molecule has 0 radical (unpaired) electrons. The van der Waals surface area contributed by atoms with Gasteiger partial charge in [0.1, 0.15) is 11.6 Å². The van der Waals surface area contributed by atoms with Crippen LogP contribution in [0.3, 0.4) is 0 Å². The van der Waals surface area contributed by atoms with E-state index in [1.807, 2.05) is 99.6 Å². The Morgan fingerprint density at radius 1 is 0.545 bits per heavy atom. The van der Waals surface area contributed by atoms with E-state index in [0.717, 1.165) is 27.8 Å². The predicted molar refractivity (Wildman–Crippen MR) is 273 cm³/mol. The maximum Gasteiger partial charge on any atom is 0.148 e. The maximum atomic E-state index is 13.0. The number of rotatable bonds is 7. The molecule has 4 nitrogen and oxygen atoms in total. The summed E-state index contributed by atoms with van der Waals surface area (Å²) in [6.07, 6.45) is 1.67. The molecule has 0 saturated carbocycles. The summed E-state index contributed by atoms with van der Waals surface area (Å²) in [5, 5.41) is 13.0. The summed E-state index contributed by atoms with van der Waals surface area (Å²) < 4.78 is 186. The van der Waals surface area contributed by atoms with Crippen LogP contribution in [0.15, 0.2) is 164 Å². The Kier molecular flexibility index (Phi) is 7.20. The van der Waals surface area contributed by atoms with Crippen LogP contribution in [0.5, 0.6) is 5.75 Å². The van der Waals surface area contributed by atoms with Gasteiger partial charge in [-0.3, -0.25) is 9.55 Å². The molecule has 0 spiro atoms. The summed E-state index contributed by atoms with van der Waals surface area (Å²) in [5.41, 5.74) is -6.06. The van der Waals surface area contributed by atoms with E-state index in [2.05, 4.69) is 6.07 Å². The van der Waals surface area contributed by atoms with Crippen LogP contribution in [-0.4, -0.2) is 19.6 Å². The fourth-order valence-electron chi connectivity index (χ4n) is 8.12. The predicted octanol–water partition coefficient (Wildman–Crippen LogP) is 16.1. The number of pyridine rings is 1. The number of aromatic nitrogens is 3. The first-order chi connectivity index (χ1) is 39.6. The molecular formula is C61H58N3OPt-. The summed E-state index contributed by atoms with van der Waals surface area (Å²) in [7, 11) is 0. The van der Waals surface area contributed by atoms with Crippen molar-refractivity contribution in [1.82, 2.24) is 14.5 Å². The average Bonchev–Trinajstić information content (AvgIpc) is 1.24. The number of benzene rings is 7. The Labute approximate surface area is 435 Å². The Morgan fingerprint density at radius 2 is 1.14 bits per heavy atom. The minimum absolute atomic E-state index is 0. The molecule has 0 unspecified atom stereocenters. The second-order valence-electron chi connectivity index (χ2n) is 17.3. The number of phenols is 1. The van der Waals surface area contributed by atoms with E-state index in [4.69, 9.17) is 38.8 Å². The van der Waals surface area contributed by atoms with Crippen molar-refractivity contribution < 1.29 is 55.0 Å². The number of aromatic hydroxyl groups is 1. The van der Waals surface area contributed by atoms with Crippen LogP contribution < -0.4 is 0 Å². The van der Waals surface area contributed by atoms with Crippen molar-refractivity contribution in [3.8, 4) is 78.6 Å². The molecular weight excluding hydrogens is 986 g/mol. The van der Waals surface area contributed by atoms with Gasteiger partial charge in [-0.1, -0.05) is 188 Å². The molecule has 5 heteroatoms. The second kappa shape index (κ2) is 17.8. The van der Waals surface area contributed by atoms with Gasteiger partial charge >= 0.3 is 0 Å². The van der Waals surface area contributed by atoms with E-state index in [-0.39, 0.29) is 55.0 Å². The maximum absolute atomic E-state index is 13.0. The molecule has 334 valence electrons. The van der Waals surface area contributed by atoms with Gasteiger partial charge < -0.3 is 5.11 Å². The largest absolute Gasteiger partial charge is 0.507 e. The summed E-state index contributed by atoms with van der Waals surface area (Å²) in [6, 6.07) is 47.6. The van der Waals surface area contributed by atoms with Crippen LogP contribution in [0.2, 0.25) is 0 Å². The third kappa shape index (κ3) is 9.09. The van der Waals surface area contributed by atoms with Crippen LogP contribution in [0.1, 0.15) is 113 Å². The van der Waals surface area contributed by atoms with Crippen molar-refractivity contribution in [3.05, 3.63) is 192 Å². The molecule has 0 saturated heterocycles. The van der Waals surface area contributed by atoms with Crippen molar-refractivity contribution >= 4 is 11.0 Å². The summed E-state index contributed by atoms with van der Waals surface area (Å²) >= 11 is 0. The summed E-state index contributed by atoms with van der Waals surface area (Å²) in [4.78, 5) is 9.81. The van der Waals surface area contributed by atoms with Crippen LogP contribution >= 0.6 is 0 Å². The van der Waals surface area contributed by atoms with Crippen LogP contribution in [-0.2, 0) is 37.3 Å². The van der Waals surface area contributed by atoms with E-state index < -0.39 is 92.5 Å². The molecule has 66 heavy (non-hydrogen) atoms. The van der Waals surface area contributed by atoms with Crippen molar-refractivity contribution in [1.29, 1.82) is 0 Å². The molecule has 7 aromatic carbocycles. The number of fused-ring (bicyclic) bond motifs is 1. The zero-order valence-corrected chi connectivity index (χ0v) is 38.5. The van der Waals surface area contributed by atoms with Gasteiger partial charge in [-0.05, 0) is 97.9 Å². The zero-order chi connectivity index (χ0) is 63.3. The molecule has 1 N–H and O–H groups in total. The second-order valence-corrected chi connectivity index (χ2v) is 17.3.